The van der Waals surface area contributed by atoms with E-state index in [2.05, 4.69) is 13.8 Å². The van der Waals surface area contributed by atoms with Gasteiger partial charge in [-0.15, -0.1) is 0 Å². The summed E-state index contributed by atoms with van der Waals surface area (Å²) in [6.45, 7) is 8.24. The molecule has 3 N–H and O–H groups in total. The molecular weight excluding hydrogens is 472 g/mol. The van der Waals surface area contributed by atoms with Gasteiger partial charge < -0.3 is 15.3 Å². The first-order valence-electron chi connectivity index (χ1n) is 16.8. The third-order valence-electron chi connectivity index (χ3n) is 7.75. The third kappa shape index (κ3) is 33.4. The van der Waals surface area contributed by atoms with Crippen LogP contribution < -0.4 is 0 Å². The van der Waals surface area contributed by atoms with E-state index in [0.29, 0.717) is 12.3 Å². The molecule has 1 atom stereocenters. The van der Waals surface area contributed by atoms with Gasteiger partial charge >= 0.3 is 5.97 Å². The van der Waals surface area contributed by atoms with Crippen LogP contribution in [-0.4, -0.2) is 34.5 Å². The van der Waals surface area contributed by atoms with E-state index < -0.39 is 5.97 Å². The summed E-state index contributed by atoms with van der Waals surface area (Å²) < 4.78 is 0. The normalized spacial score (nSPS) is 12.3. The van der Waals surface area contributed by atoms with Crippen LogP contribution in [-0.2, 0) is 4.79 Å². The molecule has 0 aromatic carbocycles. The molecule has 0 heterocycles. The number of carboxylic acids is 1. The van der Waals surface area contributed by atoms with Gasteiger partial charge in [-0.3, -0.25) is 4.79 Å². The first-order valence-corrected chi connectivity index (χ1v) is 16.8. The maximum absolute atomic E-state index is 11.2. The quantitative estimate of drug-likeness (QED) is 0.0859. The van der Waals surface area contributed by atoms with Crippen molar-refractivity contribution in [1.29, 1.82) is 0 Å². The Bertz CT molecular complexity index is 457. The molecule has 230 valence electrons. The maximum Gasteiger partial charge on any atom is 0.303 e. The second-order valence-corrected chi connectivity index (χ2v) is 12.6. The second kappa shape index (κ2) is 30.9. The Morgan fingerprint density at radius 2 is 0.789 bits per heavy atom. The van der Waals surface area contributed by atoms with Crippen LogP contribution in [0.3, 0.4) is 0 Å². The fourth-order valence-electron chi connectivity index (χ4n) is 4.84. The molecule has 0 aliphatic carbocycles. The first-order chi connectivity index (χ1) is 18.3. The minimum absolute atomic E-state index is 0.0451. The average molecular weight is 543 g/mol. The Balaban J connectivity index is 0. The standard InChI is InChI=1S/C29H58O2.C5H12O2/c1-3-5-7-9-11-13-15-16-18-20-22-24-26-28(27-29(30)31)25-23-21-19-17-14-12-10-8-6-4-2;1-5(2,3-6)4-7/h28H,3-27H2,1-2H3,(H,30,31);6-7H,3-4H2,1-2H3. The summed E-state index contributed by atoms with van der Waals surface area (Å²) in [5.74, 6) is -0.189. The van der Waals surface area contributed by atoms with Crippen LogP contribution in [0.25, 0.3) is 0 Å². The average Bonchev–Trinajstić information content (AvgIpc) is 2.90. The molecule has 0 radical (unpaired) electrons. The third-order valence-corrected chi connectivity index (χ3v) is 7.75. The van der Waals surface area contributed by atoms with Crippen molar-refractivity contribution in [2.75, 3.05) is 13.2 Å². The Kier molecular flexibility index (Phi) is 32.2. The smallest absolute Gasteiger partial charge is 0.303 e. The van der Waals surface area contributed by atoms with Gasteiger partial charge in [0.05, 0.1) is 13.2 Å². The van der Waals surface area contributed by atoms with Gasteiger partial charge in [0.25, 0.3) is 0 Å². The van der Waals surface area contributed by atoms with E-state index >= 15 is 0 Å². The molecule has 38 heavy (non-hydrogen) atoms. The number of hydrogen-bond acceptors (Lipinski definition) is 3. The number of carboxylic acid groups (broad SMARTS) is 1. The molecule has 0 aliphatic heterocycles. The van der Waals surface area contributed by atoms with E-state index in [0.717, 1.165) is 12.8 Å². The SMILES string of the molecule is CC(C)(CO)CO.CCCCCCCCCCCCCCC(CCCCCCCCCCCC)CC(=O)O. The highest BCUT2D eigenvalue weighted by Gasteiger charge is 2.13. The fourth-order valence-corrected chi connectivity index (χ4v) is 4.84. The molecule has 1 unspecified atom stereocenters. The van der Waals surface area contributed by atoms with Crippen molar-refractivity contribution in [2.45, 2.75) is 188 Å². The Hall–Kier alpha value is -0.610. The molecule has 0 aliphatic rings. The Morgan fingerprint density at radius 3 is 1.00 bits per heavy atom. The molecule has 0 amide bonds. The van der Waals surface area contributed by atoms with Gasteiger partial charge in [-0.1, -0.05) is 169 Å². The van der Waals surface area contributed by atoms with Gasteiger partial charge in [0, 0.05) is 11.8 Å². The summed E-state index contributed by atoms with van der Waals surface area (Å²) in [5, 5.41) is 26.1. The molecule has 0 saturated heterocycles. The number of aliphatic hydroxyl groups excluding tert-OH is 2. The maximum atomic E-state index is 11.2. The van der Waals surface area contributed by atoms with Crippen LogP contribution >= 0.6 is 0 Å². The molecule has 0 aromatic rings. The summed E-state index contributed by atoms with van der Waals surface area (Å²) >= 11 is 0. The lowest BCUT2D eigenvalue weighted by Gasteiger charge is -2.16. The van der Waals surface area contributed by atoms with Gasteiger partial charge in [-0.25, -0.2) is 0 Å². The highest BCUT2D eigenvalue weighted by atomic mass is 16.4. The van der Waals surface area contributed by atoms with Gasteiger partial charge in [0.15, 0.2) is 0 Å². The number of rotatable bonds is 28. The minimum atomic E-state index is -0.601. The van der Waals surface area contributed by atoms with Gasteiger partial charge in [0.1, 0.15) is 0 Å². The summed E-state index contributed by atoms with van der Waals surface area (Å²) in [6, 6.07) is 0. The number of aliphatic hydroxyl groups is 2. The highest BCUT2D eigenvalue weighted by molar-refractivity contribution is 5.66. The van der Waals surface area contributed by atoms with E-state index in [1.807, 2.05) is 0 Å². The summed E-state index contributed by atoms with van der Waals surface area (Å²) in [6.07, 6.45) is 32.7. The fraction of sp³-hybridized carbons (Fsp3) is 0.971. The lowest BCUT2D eigenvalue weighted by Crippen LogP contribution is -2.20. The molecule has 0 fully saturated rings. The molecule has 0 aromatic heterocycles. The first kappa shape index (κ1) is 39.5. The van der Waals surface area contributed by atoms with Crippen molar-refractivity contribution >= 4 is 5.97 Å². The Morgan fingerprint density at radius 1 is 0.526 bits per heavy atom. The second-order valence-electron chi connectivity index (χ2n) is 12.6. The van der Waals surface area contributed by atoms with Gasteiger partial charge in [0.2, 0.25) is 0 Å². The number of aliphatic carboxylic acids is 1. The van der Waals surface area contributed by atoms with Crippen molar-refractivity contribution in [3.63, 3.8) is 0 Å². The summed E-state index contributed by atoms with van der Waals surface area (Å²) in [7, 11) is 0. The monoisotopic (exact) mass is 543 g/mol. The van der Waals surface area contributed by atoms with E-state index in [-0.39, 0.29) is 18.6 Å². The van der Waals surface area contributed by atoms with Crippen LogP contribution in [0, 0.1) is 11.3 Å². The molecule has 0 bridgehead atoms. The van der Waals surface area contributed by atoms with Crippen molar-refractivity contribution in [3.05, 3.63) is 0 Å². The molecule has 0 spiro atoms. The van der Waals surface area contributed by atoms with Crippen LogP contribution in [0.4, 0.5) is 0 Å². The summed E-state index contributed by atoms with van der Waals surface area (Å²) in [5.41, 5.74) is -0.306. The molecule has 0 rings (SSSR count). The predicted molar refractivity (Wildman–Crippen MR) is 166 cm³/mol. The molecule has 4 heteroatoms. The zero-order valence-electron chi connectivity index (χ0n) is 26.4. The Labute approximate surface area is 238 Å². The van der Waals surface area contributed by atoms with Crippen LogP contribution in [0.15, 0.2) is 0 Å². The number of hydrogen-bond donors (Lipinski definition) is 3. The van der Waals surface area contributed by atoms with E-state index in [4.69, 9.17) is 10.2 Å². The van der Waals surface area contributed by atoms with Crippen LogP contribution in [0.2, 0.25) is 0 Å². The van der Waals surface area contributed by atoms with Crippen molar-refractivity contribution in [3.8, 4) is 0 Å². The largest absolute Gasteiger partial charge is 0.481 e. The summed E-state index contributed by atoms with van der Waals surface area (Å²) in [4.78, 5) is 11.2. The van der Waals surface area contributed by atoms with Crippen molar-refractivity contribution in [2.24, 2.45) is 11.3 Å². The van der Waals surface area contributed by atoms with Gasteiger partial charge in [-0.05, 0) is 18.8 Å². The van der Waals surface area contributed by atoms with Gasteiger partial charge in [-0.2, -0.15) is 0 Å². The molecule has 0 saturated carbocycles. The zero-order valence-corrected chi connectivity index (χ0v) is 26.4. The lowest BCUT2D eigenvalue weighted by atomic mass is 9.91. The van der Waals surface area contributed by atoms with Crippen LogP contribution in [0.1, 0.15) is 188 Å². The van der Waals surface area contributed by atoms with Crippen LogP contribution in [0.5, 0.6) is 0 Å². The van der Waals surface area contributed by atoms with E-state index in [1.165, 1.54) is 141 Å². The number of carbonyl (C=O) groups is 1. The molecular formula is C34H70O4. The van der Waals surface area contributed by atoms with Crippen molar-refractivity contribution in [1.82, 2.24) is 0 Å². The highest BCUT2D eigenvalue weighted by Crippen LogP contribution is 2.22. The van der Waals surface area contributed by atoms with Crippen molar-refractivity contribution < 1.29 is 20.1 Å². The lowest BCUT2D eigenvalue weighted by molar-refractivity contribution is -0.138. The topological polar surface area (TPSA) is 77.8 Å². The minimum Gasteiger partial charge on any atom is -0.481 e. The number of unbranched alkanes of at least 4 members (excludes halogenated alkanes) is 20. The molecule has 4 nitrogen and oxygen atoms in total. The van der Waals surface area contributed by atoms with E-state index in [9.17, 15) is 9.90 Å². The zero-order chi connectivity index (χ0) is 28.7. The van der Waals surface area contributed by atoms with E-state index in [1.54, 1.807) is 13.8 Å². The predicted octanol–water partition coefficient (Wildman–Crippen LogP) is 10.5.